The molecule has 0 saturated carbocycles. The normalized spacial score (nSPS) is 18.0. The number of rotatable bonds is 10. The second kappa shape index (κ2) is 13.2. The van der Waals surface area contributed by atoms with Gasteiger partial charge in [-0.1, -0.05) is 17.7 Å². The van der Waals surface area contributed by atoms with E-state index in [2.05, 4.69) is 35.7 Å². The highest BCUT2D eigenvalue weighted by Gasteiger charge is 2.40. The Bertz CT molecular complexity index is 1600. The quantitative estimate of drug-likeness (QED) is 0.266. The monoisotopic (exact) mass is 621 g/mol. The number of anilines is 1. The molecule has 2 saturated heterocycles. The van der Waals surface area contributed by atoms with Crippen molar-refractivity contribution in [1.82, 2.24) is 30.4 Å². The molecule has 3 aromatic rings. The summed E-state index contributed by atoms with van der Waals surface area (Å²) in [4.78, 5) is 23.8. The highest BCUT2D eigenvalue weighted by molar-refractivity contribution is 6.32. The van der Waals surface area contributed by atoms with Crippen molar-refractivity contribution in [1.29, 1.82) is 0 Å². The van der Waals surface area contributed by atoms with Crippen LogP contribution in [0.25, 0.3) is 10.9 Å². The third-order valence-electron chi connectivity index (χ3n) is 8.07. The first kappa shape index (κ1) is 29.9. The predicted molar refractivity (Wildman–Crippen MR) is 166 cm³/mol. The maximum absolute atomic E-state index is 12.4. The van der Waals surface area contributed by atoms with E-state index in [-0.39, 0.29) is 0 Å². The number of hydrogen-bond acceptors (Lipinski definition) is 9. The van der Waals surface area contributed by atoms with E-state index in [0.717, 1.165) is 45.0 Å². The number of fused-ring (bicyclic) bond motifs is 1. The zero-order valence-electron chi connectivity index (χ0n) is 24.8. The second-order valence-electron chi connectivity index (χ2n) is 11.3. The molecule has 0 radical (unpaired) electrons. The number of aromatic amines is 1. The second-order valence-corrected chi connectivity index (χ2v) is 11.7. The van der Waals surface area contributed by atoms with E-state index in [1.807, 2.05) is 25.1 Å². The lowest BCUT2D eigenvalue weighted by Crippen LogP contribution is -2.51. The van der Waals surface area contributed by atoms with E-state index >= 15 is 0 Å². The van der Waals surface area contributed by atoms with Gasteiger partial charge >= 0.3 is 6.03 Å². The van der Waals surface area contributed by atoms with Gasteiger partial charge in [0.25, 0.3) is 0 Å². The third-order valence-corrected chi connectivity index (χ3v) is 8.38. The number of ether oxygens (including phenoxy) is 4. The molecule has 1 aliphatic carbocycles. The maximum atomic E-state index is 12.4. The van der Waals surface area contributed by atoms with Gasteiger partial charge in [-0.05, 0) is 57.8 Å². The Balaban J connectivity index is 1.06. The molecule has 44 heavy (non-hydrogen) atoms. The molecule has 12 nitrogen and oxygen atoms in total. The van der Waals surface area contributed by atoms with Gasteiger partial charge < -0.3 is 29.2 Å². The number of urea groups is 1. The van der Waals surface area contributed by atoms with Crippen LogP contribution in [0, 0.1) is 12.3 Å². The van der Waals surface area contributed by atoms with Crippen molar-refractivity contribution in [3.8, 4) is 17.4 Å². The molecular formula is C31H36ClN7O5. The summed E-state index contributed by atoms with van der Waals surface area (Å²) >= 11 is 6.55. The minimum Gasteiger partial charge on any atom is -0.493 e. The zero-order valence-corrected chi connectivity index (χ0v) is 25.6. The molecule has 0 bridgehead atoms. The predicted octanol–water partition coefficient (Wildman–Crippen LogP) is 5.05. The van der Waals surface area contributed by atoms with E-state index < -0.39 is 6.03 Å². The first-order chi connectivity index (χ1) is 21.4. The number of aromatic nitrogens is 4. The lowest BCUT2D eigenvalue weighted by molar-refractivity contribution is -0.139. The fourth-order valence-electron chi connectivity index (χ4n) is 5.49. The Morgan fingerprint density at radius 1 is 1.14 bits per heavy atom. The van der Waals surface area contributed by atoms with Gasteiger partial charge in [0.1, 0.15) is 12.1 Å². The molecule has 1 aromatic carbocycles. The van der Waals surface area contributed by atoms with Crippen molar-refractivity contribution in [2.75, 3.05) is 51.9 Å². The Morgan fingerprint density at radius 3 is 2.70 bits per heavy atom. The molecular weight excluding hydrogens is 586 g/mol. The van der Waals surface area contributed by atoms with Crippen molar-refractivity contribution in [3.05, 3.63) is 64.9 Å². The number of halogens is 1. The Hall–Kier alpha value is -4.13. The molecule has 0 unspecified atom stereocenters. The highest BCUT2D eigenvalue weighted by atomic mass is 35.5. The van der Waals surface area contributed by atoms with Gasteiger partial charge in [-0.2, -0.15) is 5.10 Å². The van der Waals surface area contributed by atoms with Gasteiger partial charge in [0, 0.05) is 35.9 Å². The van der Waals surface area contributed by atoms with Crippen molar-refractivity contribution >= 4 is 34.4 Å². The van der Waals surface area contributed by atoms with Crippen molar-refractivity contribution in [2.24, 2.45) is 5.41 Å². The summed E-state index contributed by atoms with van der Waals surface area (Å²) in [6.07, 6.45) is 10.5. The van der Waals surface area contributed by atoms with Crippen LogP contribution in [-0.4, -0.2) is 77.7 Å². The minimum absolute atomic E-state index is 0.301. The molecule has 2 aromatic heterocycles. The van der Waals surface area contributed by atoms with Crippen LogP contribution in [0.15, 0.2) is 59.2 Å². The van der Waals surface area contributed by atoms with Crippen LogP contribution in [0.5, 0.6) is 17.4 Å². The van der Waals surface area contributed by atoms with Crippen LogP contribution in [0.1, 0.15) is 31.4 Å². The number of benzene rings is 1. The summed E-state index contributed by atoms with van der Waals surface area (Å²) in [5.74, 6) is 2.41. The highest BCUT2D eigenvalue weighted by Crippen LogP contribution is 2.39. The summed E-state index contributed by atoms with van der Waals surface area (Å²) in [6.45, 7) is 7.50. The lowest BCUT2D eigenvalue weighted by atomic mass is 9.77. The minimum atomic E-state index is -0.463. The molecule has 2 aliphatic heterocycles. The number of likely N-dealkylation sites (tertiary alicyclic amines) is 1. The van der Waals surface area contributed by atoms with Gasteiger partial charge in [0.05, 0.1) is 48.6 Å². The largest absolute Gasteiger partial charge is 0.493 e. The molecule has 6 rings (SSSR count). The molecule has 2 fully saturated rings. The van der Waals surface area contributed by atoms with E-state index in [1.54, 1.807) is 25.3 Å². The Morgan fingerprint density at radius 2 is 1.98 bits per heavy atom. The lowest BCUT2D eigenvalue weighted by Gasteiger charge is -2.47. The van der Waals surface area contributed by atoms with Crippen molar-refractivity contribution < 1.29 is 23.7 Å². The Kier molecular flexibility index (Phi) is 9.01. The number of nitrogens with zero attached hydrogens (tertiary/aromatic N) is 4. The average molecular weight is 622 g/mol. The van der Waals surface area contributed by atoms with Gasteiger partial charge in [0.2, 0.25) is 5.88 Å². The van der Waals surface area contributed by atoms with Crippen LogP contribution in [0.2, 0.25) is 0 Å². The fourth-order valence-corrected chi connectivity index (χ4v) is 5.72. The smallest absolute Gasteiger partial charge is 0.324 e. The molecule has 4 heterocycles. The number of methoxy groups -OCH3 is 1. The fraction of sp³-hybridized carbons (Fsp3) is 0.419. The van der Waals surface area contributed by atoms with Crippen LogP contribution in [0.4, 0.5) is 10.6 Å². The molecule has 13 heteroatoms. The van der Waals surface area contributed by atoms with Crippen LogP contribution < -0.4 is 24.8 Å². The van der Waals surface area contributed by atoms with Gasteiger partial charge in [0.15, 0.2) is 17.3 Å². The molecule has 232 valence electrons. The third kappa shape index (κ3) is 6.98. The number of H-pyrrole nitrogens is 1. The van der Waals surface area contributed by atoms with Crippen molar-refractivity contribution in [3.63, 3.8) is 0 Å². The standard InChI is InChI=1S/C31H36ClN7O5/c1-20-13-28(38-37-20)36-30(40)35-24-6-3-5-21(14-23(24)32)44-29-22-15-26(41-2)27(16-25(22)33-19-34-29)43-12-4-9-39-10-7-31(8-11-39)17-42-18-31/h5-6,13-16,19H,3-4,7-12,17-18H2,1-2H3,(H3,35,36,37,38,40). The van der Waals surface area contributed by atoms with Crippen LogP contribution >= 0.6 is 11.6 Å². The Labute approximate surface area is 260 Å². The van der Waals surface area contributed by atoms with E-state index in [1.165, 1.54) is 19.2 Å². The molecule has 3 aliphatic rings. The number of piperidine rings is 1. The average Bonchev–Trinajstić information content (AvgIpc) is 3.33. The number of hydrogen-bond donors (Lipinski definition) is 3. The summed E-state index contributed by atoms with van der Waals surface area (Å²) < 4.78 is 23.4. The molecule has 3 N–H and O–H groups in total. The summed E-state index contributed by atoms with van der Waals surface area (Å²) in [7, 11) is 1.60. The van der Waals surface area contributed by atoms with Gasteiger partial charge in [-0.15, -0.1) is 0 Å². The number of allylic oxidation sites excluding steroid dienone is 4. The number of nitrogens with one attached hydrogen (secondary N) is 3. The van der Waals surface area contributed by atoms with Crippen LogP contribution in [-0.2, 0) is 4.74 Å². The van der Waals surface area contributed by atoms with E-state index in [4.69, 9.17) is 30.5 Å². The zero-order chi connectivity index (χ0) is 30.5. The van der Waals surface area contributed by atoms with Crippen LogP contribution in [0.3, 0.4) is 0 Å². The molecule has 1 spiro atoms. The van der Waals surface area contributed by atoms with Crippen molar-refractivity contribution in [2.45, 2.75) is 32.6 Å². The summed E-state index contributed by atoms with van der Waals surface area (Å²) in [5, 5.41) is 13.2. The molecule has 0 atom stereocenters. The summed E-state index contributed by atoms with van der Waals surface area (Å²) in [6, 6.07) is 4.92. The van der Waals surface area contributed by atoms with Gasteiger partial charge in [-0.3, -0.25) is 10.4 Å². The number of amides is 2. The summed E-state index contributed by atoms with van der Waals surface area (Å²) in [5.41, 5.74) is 2.38. The maximum Gasteiger partial charge on any atom is 0.324 e. The van der Waals surface area contributed by atoms with E-state index in [0.29, 0.717) is 69.0 Å². The number of carbonyl (C=O) groups is 1. The SMILES string of the molecule is COc1cc2c(OC3=CCC=C(NC(=O)Nc4cc(C)[nH]n4)C(Cl)=C3)ncnc2cc1OCCCN1CCC2(CC1)COC2. The van der Waals surface area contributed by atoms with Gasteiger partial charge in [-0.25, -0.2) is 14.8 Å². The molecule has 2 amide bonds. The first-order valence-electron chi connectivity index (χ1n) is 14.7. The number of carbonyl (C=O) groups excluding carboxylic acids is 1. The van der Waals surface area contributed by atoms with E-state index in [9.17, 15) is 4.79 Å². The topological polar surface area (TPSA) is 136 Å². The number of aryl methyl sites for hydroxylation is 1. The first-order valence-corrected chi connectivity index (χ1v) is 15.1.